The van der Waals surface area contributed by atoms with Crippen LogP contribution in [0.2, 0.25) is 0 Å². The summed E-state index contributed by atoms with van der Waals surface area (Å²) in [7, 11) is 0. The molecule has 0 radical (unpaired) electrons. The summed E-state index contributed by atoms with van der Waals surface area (Å²) in [6.45, 7) is 2.40. The van der Waals surface area contributed by atoms with Crippen LogP contribution in [-0.2, 0) is 10.9 Å². The third-order valence-corrected chi connectivity index (χ3v) is 5.69. The maximum atomic E-state index is 13.1. The zero-order valence-electron chi connectivity index (χ0n) is 18.1. The van der Waals surface area contributed by atoms with Crippen LogP contribution in [0.25, 0.3) is 33.5 Å². The van der Waals surface area contributed by atoms with E-state index >= 15 is 0 Å². The minimum Gasteiger partial charge on any atom is -0.432 e. The van der Waals surface area contributed by atoms with Gasteiger partial charge < -0.3 is 19.4 Å². The molecule has 1 aromatic carbocycles. The lowest BCUT2D eigenvalue weighted by atomic mass is 10.1. The van der Waals surface area contributed by atoms with Gasteiger partial charge in [0, 0.05) is 30.9 Å². The average Bonchev–Trinajstić information content (AvgIpc) is 3.49. The van der Waals surface area contributed by atoms with Crippen molar-refractivity contribution in [3.05, 3.63) is 54.2 Å². The summed E-state index contributed by atoms with van der Waals surface area (Å²) in [6, 6.07) is 10.3. The number of hydrogen-bond acceptors (Lipinski definition) is 8. The molecule has 5 aromatic rings. The van der Waals surface area contributed by atoms with E-state index in [0.29, 0.717) is 66.0 Å². The van der Waals surface area contributed by atoms with Crippen LogP contribution in [0.5, 0.6) is 0 Å². The molecule has 4 aromatic heterocycles. The summed E-state index contributed by atoms with van der Waals surface area (Å²) in [5.74, 6) is 1.32. The summed E-state index contributed by atoms with van der Waals surface area (Å²) >= 11 is 0. The largest absolute Gasteiger partial charge is 0.432 e. The second-order valence-electron chi connectivity index (χ2n) is 7.98. The number of furan rings is 1. The molecule has 6 rings (SSSR count). The SMILES string of the molecule is FC(F)(F)c1cccc(-c2cc(Nc3nc(N4CCOCC4)c4oc5ncccc5c4n3)[nH]n2)c1. The molecule has 1 saturated heterocycles. The number of hydrogen-bond donors (Lipinski definition) is 2. The van der Waals surface area contributed by atoms with Gasteiger partial charge in [-0.2, -0.15) is 23.3 Å². The van der Waals surface area contributed by atoms with E-state index in [1.807, 2.05) is 6.07 Å². The van der Waals surface area contributed by atoms with Crippen molar-refractivity contribution >= 4 is 39.8 Å². The number of alkyl halides is 3. The van der Waals surface area contributed by atoms with Crippen molar-refractivity contribution < 1.29 is 22.3 Å². The number of nitrogens with one attached hydrogen (secondary N) is 2. The maximum absolute atomic E-state index is 13.1. The van der Waals surface area contributed by atoms with Crippen molar-refractivity contribution in [2.75, 3.05) is 36.5 Å². The topological polar surface area (TPSA) is 105 Å². The highest BCUT2D eigenvalue weighted by Crippen LogP contribution is 2.35. The van der Waals surface area contributed by atoms with Crippen LogP contribution in [0.15, 0.2) is 53.1 Å². The Bertz CT molecular complexity index is 1520. The van der Waals surface area contributed by atoms with Crippen molar-refractivity contribution in [3.63, 3.8) is 0 Å². The van der Waals surface area contributed by atoms with Gasteiger partial charge in [-0.05, 0) is 24.3 Å². The second-order valence-corrected chi connectivity index (χ2v) is 7.98. The summed E-state index contributed by atoms with van der Waals surface area (Å²) in [4.78, 5) is 15.6. The van der Waals surface area contributed by atoms with E-state index in [-0.39, 0.29) is 5.95 Å². The summed E-state index contributed by atoms with van der Waals surface area (Å²) in [5, 5.41) is 10.8. The predicted octanol–water partition coefficient (Wildman–Crippen LogP) is 4.76. The molecule has 0 amide bonds. The highest BCUT2D eigenvalue weighted by atomic mass is 19.4. The molecule has 5 heterocycles. The number of morpholine rings is 1. The molecule has 9 nitrogen and oxygen atoms in total. The number of aromatic nitrogens is 5. The van der Waals surface area contributed by atoms with E-state index in [9.17, 15) is 13.2 Å². The van der Waals surface area contributed by atoms with E-state index in [1.54, 1.807) is 24.4 Å². The third-order valence-electron chi connectivity index (χ3n) is 5.69. The van der Waals surface area contributed by atoms with Gasteiger partial charge >= 0.3 is 6.18 Å². The Morgan fingerprint density at radius 3 is 2.71 bits per heavy atom. The fourth-order valence-corrected chi connectivity index (χ4v) is 4.02. The molecule has 1 aliphatic heterocycles. The van der Waals surface area contributed by atoms with Gasteiger partial charge in [-0.3, -0.25) is 5.10 Å². The first kappa shape index (κ1) is 21.4. The minimum atomic E-state index is -4.44. The monoisotopic (exact) mass is 481 g/mol. The van der Waals surface area contributed by atoms with E-state index in [1.165, 1.54) is 6.07 Å². The number of halogens is 3. The fourth-order valence-electron chi connectivity index (χ4n) is 4.02. The van der Waals surface area contributed by atoms with E-state index in [4.69, 9.17) is 9.15 Å². The standard InChI is InChI=1S/C23H18F3N7O2/c24-23(25,26)14-4-1-3-13(11-14)16-12-17(32-31-16)28-22-29-18-15-5-2-6-27-21(15)35-19(18)20(30-22)33-7-9-34-10-8-33/h1-6,11-12H,7-10H2,(H2,28,29,30,31,32). The van der Waals surface area contributed by atoms with E-state index in [2.05, 4.69) is 35.4 Å². The average molecular weight is 481 g/mol. The molecule has 12 heteroatoms. The van der Waals surface area contributed by atoms with Crippen LogP contribution in [0.3, 0.4) is 0 Å². The lowest BCUT2D eigenvalue weighted by Gasteiger charge is -2.27. The van der Waals surface area contributed by atoms with Crippen LogP contribution in [0, 0.1) is 0 Å². The fraction of sp³-hybridized carbons (Fsp3) is 0.217. The molecule has 0 aliphatic carbocycles. The number of anilines is 3. The summed E-state index contributed by atoms with van der Waals surface area (Å²) in [6.07, 6.45) is -2.79. The molecule has 178 valence electrons. The molecule has 0 spiro atoms. The third kappa shape index (κ3) is 4.01. The Balaban J connectivity index is 1.38. The molecule has 1 fully saturated rings. The van der Waals surface area contributed by atoms with Crippen molar-refractivity contribution in [2.24, 2.45) is 0 Å². The Hall–Kier alpha value is -4.19. The van der Waals surface area contributed by atoms with Gasteiger partial charge in [0.25, 0.3) is 0 Å². The minimum absolute atomic E-state index is 0.282. The van der Waals surface area contributed by atoms with E-state index in [0.717, 1.165) is 17.5 Å². The normalized spacial score (nSPS) is 14.7. The number of nitrogens with zero attached hydrogens (tertiary/aromatic N) is 5. The Morgan fingerprint density at radius 2 is 1.89 bits per heavy atom. The van der Waals surface area contributed by atoms with Gasteiger partial charge in [0.15, 0.2) is 11.4 Å². The summed E-state index contributed by atoms with van der Waals surface area (Å²) < 4.78 is 50.7. The number of ether oxygens (including phenoxy) is 1. The van der Waals surface area contributed by atoms with Crippen molar-refractivity contribution in [2.45, 2.75) is 6.18 Å². The molecule has 35 heavy (non-hydrogen) atoms. The number of fused-ring (bicyclic) bond motifs is 3. The van der Waals surface area contributed by atoms with Gasteiger partial charge in [-0.15, -0.1) is 0 Å². The lowest BCUT2D eigenvalue weighted by molar-refractivity contribution is -0.137. The van der Waals surface area contributed by atoms with Gasteiger partial charge in [0.2, 0.25) is 11.7 Å². The Labute approximate surface area is 195 Å². The van der Waals surface area contributed by atoms with Crippen molar-refractivity contribution in [1.29, 1.82) is 0 Å². The zero-order valence-corrected chi connectivity index (χ0v) is 18.1. The Morgan fingerprint density at radius 1 is 1.03 bits per heavy atom. The number of aromatic amines is 1. The molecular weight excluding hydrogens is 463 g/mol. The molecule has 2 N–H and O–H groups in total. The van der Waals surface area contributed by atoms with Crippen LogP contribution in [0.4, 0.5) is 30.8 Å². The predicted molar refractivity (Wildman–Crippen MR) is 122 cm³/mol. The van der Waals surface area contributed by atoms with Gasteiger partial charge in [0.05, 0.1) is 29.9 Å². The first-order valence-corrected chi connectivity index (χ1v) is 10.8. The van der Waals surface area contributed by atoms with Crippen LogP contribution >= 0.6 is 0 Å². The van der Waals surface area contributed by atoms with Crippen LogP contribution < -0.4 is 10.2 Å². The van der Waals surface area contributed by atoms with E-state index < -0.39 is 11.7 Å². The van der Waals surface area contributed by atoms with Gasteiger partial charge in [-0.1, -0.05) is 12.1 Å². The number of benzene rings is 1. The smallest absolute Gasteiger partial charge is 0.416 e. The second kappa shape index (κ2) is 8.24. The molecule has 1 aliphatic rings. The van der Waals surface area contributed by atoms with Crippen LogP contribution in [-0.4, -0.2) is 51.5 Å². The van der Waals surface area contributed by atoms with Gasteiger partial charge in [0.1, 0.15) is 11.3 Å². The lowest BCUT2D eigenvalue weighted by Crippen LogP contribution is -2.37. The van der Waals surface area contributed by atoms with Gasteiger partial charge in [-0.25, -0.2) is 9.97 Å². The Kier molecular flexibility index (Phi) is 5.02. The molecule has 0 saturated carbocycles. The quantitative estimate of drug-likeness (QED) is 0.379. The molecular formula is C23H18F3N7O2. The number of pyridine rings is 1. The first-order valence-electron chi connectivity index (χ1n) is 10.8. The highest BCUT2D eigenvalue weighted by Gasteiger charge is 2.30. The molecule has 0 unspecified atom stereocenters. The maximum Gasteiger partial charge on any atom is 0.416 e. The number of rotatable bonds is 4. The van der Waals surface area contributed by atoms with Crippen LogP contribution in [0.1, 0.15) is 5.56 Å². The zero-order chi connectivity index (χ0) is 24.0. The van der Waals surface area contributed by atoms with Crippen molar-refractivity contribution in [1.82, 2.24) is 25.1 Å². The molecule has 0 bridgehead atoms. The summed E-state index contributed by atoms with van der Waals surface area (Å²) in [5.41, 5.74) is 1.53. The number of H-pyrrole nitrogens is 1. The highest BCUT2D eigenvalue weighted by molar-refractivity contribution is 6.05. The van der Waals surface area contributed by atoms with Crippen molar-refractivity contribution in [3.8, 4) is 11.3 Å². The molecule has 0 atom stereocenters. The first-order chi connectivity index (χ1) is 17.0.